The van der Waals surface area contributed by atoms with E-state index in [-0.39, 0.29) is 16.3 Å². The molecule has 4 aliphatic rings. The molecule has 164 valence electrons. The van der Waals surface area contributed by atoms with Gasteiger partial charge in [-0.05, 0) is 40.5 Å². The second-order valence-electron chi connectivity index (χ2n) is 8.43. The SMILES string of the molecule is O=C([O-])c1cc(N2C(=O)C3C(C2=O)C2(Br)c4ccccc4C3(Br)c3ccccc32)ccc1Cl. The van der Waals surface area contributed by atoms with E-state index >= 15 is 0 Å². The van der Waals surface area contributed by atoms with E-state index in [9.17, 15) is 19.5 Å². The fourth-order valence-corrected chi connectivity index (χ4v) is 8.23. The molecule has 1 heterocycles. The normalized spacial score (nSPS) is 29.0. The summed E-state index contributed by atoms with van der Waals surface area (Å²) in [6, 6.07) is 19.6. The zero-order chi connectivity index (χ0) is 23.3. The van der Waals surface area contributed by atoms with Gasteiger partial charge in [0.15, 0.2) is 0 Å². The fourth-order valence-electron chi connectivity index (χ4n) is 5.73. The van der Waals surface area contributed by atoms with Gasteiger partial charge >= 0.3 is 0 Å². The van der Waals surface area contributed by atoms with E-state index in [2.05, 4.69) is 31.9 Å². The Morgan fingerprint density at radius 3 is 1.64 bits per heavy atom. The molecule has 2 amide bonds. The Morgan fingerprint density at radius 2 is 1.24 bits per heavy atom. The zero-order valence-corrected chi connectivity index (χ0v) is 20.6. The van der Waals surface area contributed by atoms with E-state index in [4.69, 9.17) is 11.6 Å². The highest BCUT2D eigenvalue weighted by Gasteiger charge is 2.72. The molecule has 2 unspecified atom stereocenters. The van der Waals surface area contributed by atoms with E-state index in [1.54, 1.807) is 0 Å². The van der Waals surface area contributed by atoms with Gasteiger partial charge < -0.3 is 9.90 Å². The molecular formula is C25H13Br2ClNO4-. The number of anilines is 1. The zero-order valence-electron chi connectivity index (χ0n) is 16.7. The number of hydrogen-bond donors (Lipinski definition) is 0. The number of carbonyl (C=O) groups excluding carboxylic acids is 3. The van der Waals surface area contributed by atoms with Crippen molar-refractivity contribution in [3.05, 3.63) is 99.6 Å². The number of aromatic carboxylic acids is 1. The van der Waals surface area contributed by atoms with Crippen molar-refractivity contribution in [3.63, 3.8) is 0 Å². The van der Waals surface area contributed by atoms with Crippen molar-refractivity contribution >= 4 is 66.9 Å². The number of alkyl halides is 2. The van der Waals surface area contributed by atoms with Crippen LogP contribution in [0.25, 0.3) is 0 Å². The molecule has 5 nitrogen and oxygen atoms in total. The van der Waals surface area contributed by atoms with Gasteiger partial charge in [-0.3, -0.25) is 9.59 Å². The van der Waals surface area contributed by atoms with Crippen molar-refractivity contribution in [2.75, 3.05) is 4.90 Å². The maximum atomic E-state index is 13.9. The van der Waals surface area contributed by atoms with Gasteiger partial charge in [-0.25, -0.2) is 4.90 Å². The molecule has 2 bridgehead atoms. The van der Waals surface area contributed by atoms with Crippen LogP contribution in [-0.2, 0) is 18.2 Å². The molecule has 1 fully saturated rings. The molecule has 0 radical (unpaired) electrons. The first-order valence-corrected chi connectivity index (χ1v) is 12.1. The monoisotopic (exact) mass is 584 g/mol. The highest BCUT2D eigenvalue weighted by Crippen LogP contribution is 2.70. The van der Waals surface area contributed by atoms with E-state index < -0.39 is 38.3 Å². The summed E-state index contributed by atoms with van der Waals surface area (Å²) in [6.45, 7) is 0. The highest BCUT2D eigenvalue weighted by atomic mass is 79.9. The second kappa shape index (κ2) is 6.78. The molecular weight excluding hydrogens is 574 g/mol. The quantitative estimate of drug-likeness (QED) is 0.335. The summed E-state index contributed by atoms with van der Waals surface area (Å²) in [4.78, 5) is 40.5. The molecule has 7 rings (SSSR count). The van der Waals surface area contributed by atoms with E-state index in [1.165, 1.54) is 18.2 Å². The van der Waals surface area contributed by atoms with Crippen LogP contribution in [0.1, 0.15) is 32.6 Å². The van der Waals surface area contributed by atoms with Crippen molar-refractivity contribution in [2.45, 2.75) is 8.65 Å². The fraction of sp³-hybridized carbons (Fsp3) is 0.160. The van der Waals surface area contributed by atoms with E-state index in [0.717, 1.165) is 27.2 Å². The Hall–Kier alpha value is -2.48. The predicted octanol–water partition coefficient (Wildman–Crippen LogP) is 4.11. The molecule has 3 aliphatic carbocycles. The lowest BCUT2D eigenvalue weighted by molar-refractivity contribution is -0.255. The molecule has 0 saturated carbocycles. The highest BCUT2D eigenvalue weighted by molar-refractivity contribution is 9.10. The minimum Gasteiger partial charge on any atom is -0.545 e. The summed E-state index contributed by atoms with van der Waals surface area (Å²) in [5.41, 5.74) is 3.59. The minimum absolute atomic E-state index is 0.0240. The van der Waals surface area contributed by atoms with Crippen LogP contribution in [0, 0.1) is 11.8 Å². The van der Waals surface area contributed by atoms with Gasteiger partial charge in [0, 0.05) is 10.6 Å². The first-order valence-electron chi connectivity index (χ1n) is 10.2. The summed E-state index contributed by atoms with van der Waals surface area (Å²) >= 11 is 13.9. The Labute approximate surface area is 210 Å². The lowest BCUT2D eigenvalue weighted by Gasteiger charge is -2.55. The Morgan fingerprint density at radius 1 is 0.818 bits per heavy atom. The van der Waals surface area contributed by atoms with Crippen LogP contribution < -0.4 is 10.0 Å². The summed E-state index contributed by atoms with van der Waals surface area (Å²) in [7, 11) is 0. The summed E-state index contributed by atoms with van der Waals surface area (Å²) in [5, 5.41) is 11.5. The minimum atomic E-state index is -1.48. The van der Waals surface area contributed by atoms with Crippen LogP contribution in [0.3, 0.4) is 0 Å². The van der Waals surface area contributed by atoms with Gasteiger partial charge in [0.2, 0.25) is 11.8 Å². The maximum absolute atomic E-state index is 13.9. The topological polar surface area (TPSA) is 77.5 Å². The summed E-state index contributed by atoms with van der Waals surface area (Å²) in [6.07, 6.45) is 0. The van der Waals surface area contributed by atoms with Crippen molar-refractivity contribution in [2.24, 2.45) is 11.8 Å². The van der Waals surface area contributed by atoms with E-state index in [0.29, 0.717) is 0 Å². The molecule has 0 N–H and O–H groups in total. The summed E-state index contributed by atoms with van der Waals surface area (Å²) in [5.74, 6) is -3.76. The van der Waals surface area contributed by atoms with Gasteiger partial charge in [-0.2, -0.15) is 0 Å². The van der Waals surface area contributed by atoms with Gasteiger partial charge in [-0.15, -0.1) is 0 Å². The number of hydrogen-bond acceptors (Lipinski definition) is 4. The number of carboxylic acid groups (broad SMARTS) is 1. The molecule has 0 aromatic heterocycles. The molecule has 3 aromatic carbocycles. The lowest BCUT2D eigenvalue weighted by Crippen LogP contribution is -2.56. The molecule has 2 atom stereocenters. The van der Waals surface area contributed by atoms with Crippen molar-refractivity contribution in [3.8, 4) is 0 Å². The average Bonchev–Trinajstić information content (AvgIpc) is 3.09. The average molecular weight is 587 g/mol. The molecule has 0 spiro atoms. The summed E-state index contributed by atoms with van der Waals surface area (Å²) < 4.78 is -1.82. The third-order valence-corrected chi connectivity index (χ3v) is 10.0. The van der Waals surface area contributed by atoms with Crippen molar-refractivity contribution in [1.82, 2.24) is 0 Å². The van der Waals surface area contributed by atoms with Crippen LogP contribution in [0.2, 0.25) is 5.02 Å². The van der Waals surface area contributed by atoms with Gasteiger partial charge in [-0.1, -0.05) is 92.0 Å². The number of carboxylic acids is 1. The number of amides is 2. The largest absolute Gasteiger partial charge is 0.545 e. The number of imide groups is 1. The molecule has 33 heavy (non-hydrogen) atoms. The number of benzene rings is 3. The number of rotatable bonds is 2. The van der Waals surface area contributed by atoms with E-state index in [1.807, 2.05) is 48.5 Å². The number of carbonyl (C=O) groups is 3. The first kappa shape index (κ1) is 21.1. The first-order chi connectivity index (χ1) is 15.7. The predicted molar refractivity (Wildman–Crippen MR) is 128 cm³/mol. The smallest absolute Gasteiger partial charge is 0.239 e. The number of halogens is 3. The Kier molecular flexibility index (Phi) is 4.33. The molecule has 8 heteroatoms. The van der Waals surface area contributed by atoms with Gasteiger partial charge in [0.1, 0.15) is 0 Å². The van der Waals surface area contributed by atoms with Crippen LogP contribution in [0.4, 0.5) is 5.69 Å². The van der Waals surface area contributed by atoms with Crippen LogP contribution >= 0.6 is 43.5 Å². The Balaban J connectivity index is 1.62. The van der Waals surface area contributed by atoms with Crippen LogP contribution in [-0.4, -0.2) is 17.8 Å². The van der Waals surface area contributed by atoms with Gasteiger partial charge in [0.25, 0.3) is 0 Å². The van der Waals surface area contributed by atoms with Crippen molar-refractivity contribution < 1.29 is 19.5 Å². The molecule has 3 aromatic rings. The molecule has 1 aliphatic heterocycles. The van der Waals surface area contributed by atoms with Gasteiger partial charge in [0.05, 0.1) is 32.1 Å². The number of nitrogens with zero attached hydrogens (tertiary/aromatic N) is 1. The lowest BCUT2D eigenvalue weighted by atomic mass is 9.54. The molecule has 1 saturated heterocycles. The third-order valence-electron chi connectivity index (χ3n) is 7.01. The van der Waals surface area contributed by atoms with Crippen molar-refractivity contribution in [1.29, 1.82) is 0 Å². The second-order valence-corrected chi connectivity index (χ2v) is 11.3. The van der Waals surface area contributed by atoms with Crippen LogP contribution in [0.15, 0.2) is 66.7 Å². The standard InChI is InChI=1S/C25H14Br2ClNO4/c26-24-14-5-1-2-6-15(14)25(27,17-8-4-3-7-16(17)24)20-19(24)21(30)29(22(20)31)12-9-10-18(28)13(11-12)23(32)33/h1-11,19-20H,(H,32,33)/p-1. The third kappa shape index (κ3) is 2.40. The van der Waals surface area contributed by atoms with Crippen LogP contribution in [0.5, 0.6) is 0 Å². The Bertz CT molecular complexity index is 1300. The maximum Gasteiger partial charge on any atom is 0.239 e.